The number of carbonyl (C=O) groups excluding carboxylic acids is 1. The van der Waals surface area contributed by atoms with E-state index in [4.69, 9.17) is 14.6 Å². The minimum Gasteiger partial charge on any atom is -0.387 e. The molecule has 2 fully saturated rings. The average Bonchev–Trinajstić information content (AvgIpc) is 2.28. The van der Waals surface area contributed by atoms with Gasteiger partial charge in [-0.25, -0.2) is 0 Å². The Balaban J connectivity index is 2.16. The van der Waals surface area contributed by atoms with Gasteiger partial charge in [-0.05, 0) is 0 Å². The number of hydrogen-bond acceptors (Lipinski definition) is 4. The standard InChI is InChI=1S/C6H8O4/c7-3-1-4(8)6-9-2-5(3)10-6/h4-6,8H,1-2H2/t4-,5-,6-/m1/s1. The van der Waals surface area contributed by atoms with Crippen LogP contribution in [0.4, 0.5) is 0 Å². The van der Waals surface area contributed by atoms with Crippen LogP contribution in [0.15, 0.2) is 0 Å². The first-order valence-electron chi connectivity index (χ1n) is 3.25. The van der Waals surface area contributed by atoms with Gasteiger partial charge in [0.2, 0.25) is 0 Å². The Bertz CT molecular complexity index is 167. The highest BCUT2D eigenvalue weighted by atomic mass is 16.7. The Morgan fingerprint density at radius 1 is 1.60 bits per heavy atom. The molecular weight excluding hydrogens is 136 g/mol. The van der Waals surface area contributed by atoms with Crippen molar-refractivity contribution in [3.63, 3.8) is 0 Å². The quantitative estimate of drug-likeness (QED) is 0.476. The van der Waals surface area contributed by atoms with Crippen LogP contribution in [0.5, 0.6) is 0 Å². The second-order valence-corrected chi connectivity index (χ2v) is 2.56. The number of ketones is 1. The molecule has 0 aromatic carbocycles. The van der Waals surface area contributed by atoms with E-state index in [0.29, 0.717) is 6.61 Å². The van der Waals surface area contributed by atoms with Gasteiger partial charge in [-0.1, -0.05) is 0 Å². The van der Waals surface area contributed by atoms with Gasteiger partial charge in [0.15, 0.2) is 12.1 Å². The summed E-state index contributed by atoms with van der Waals surface area (Å²) in [6.07, 6.45) is -1.54. The summed E-state index contributed by atoms with van der Waals surface area (Å²) >= 11 is 0. The lowest BCUT2D eigenvalue weighted by atomic mass is 10.1. The van der Waals surface area contributed by atoms with E-state index in [1.165, 1.54) is 0 Å². The zero-order valence-corrected chi connectivity index (χ0v) is 5.32. The molecule has 0 aliphatic carbocycles. The lowest BCUT2D eigenvalue weighted by molar-refractivity contribution is -0.167. The highest BCUT2D eigenvalue weighted by molar-refractivity contribution is 5.84. The van der Waals surface area contributed by atoms with E-state index in [1.54, 1.807) is 0 Å². The second kappa shape index (κ2) is 2.02. The second-order valence-electron chi connectivity index (χ2n) is 2.56. The lowest BCUT2D eigenvalue weighted by Gasteiger charge is -2.21. The molecule has 4 heteroatoms. The van der Waals surface area contributed by atoms with Crippen LogP contribution >= 0.6 is 0 Å². The van der Waals surface area contributed by atoms with Crippen molar-refractivity contribution in [3.8, 4) is 0 Å². The fourth-order valence-corrected chi connectivity index (χ4v) is 1.23. The molecule has 2 aliphatic rings. The molecule has 0 spiro atoms. The largest absolute Gasteiger partial charge is 0.387 e. The molecule has 0 unspecified atom stereocenters. The van der Waals surface area contributed by atoms with Gasteiger partial charge in [0.25, 0.3) is 0 Å². The highest BCUT2D eigenvalue weighted by Gasteiger charge is 2.42. The van der Waals surface area contributed by atoms with Gasteiger partial charge in [-0.15, -0.1) is 0 Å². The summed E-state index contributed by atoms with van der Waals surface area (Å²) in [5.74, 6) is -0.0544. The van der Waals surface area contributed by atoms with Crippen LogP contribution < -0.4 is 0 Å². The Hall–Kier alpha value is -0.450. The molecule has 0 aromatic heterocycles. The van der Waals surface area contributed by atoms with E-state index in [0.717, 1.165) is 0 Å². The summed E-state index contributed by atoms with van der Waals surface area (Å²) in [5.41, 5.74) is 0. The summed E-state index contributed by atoms with van der Waals surface area (Å²) < 4.78 is 9.97. The molecule has 1 N–H and O–H groups in total. The van der Waals surface area contributed by atoms with Gasteiger partial charge >= 0.3 is 0 Å². The van der Waals surface area contributed by atoms with Crippen molar-refractivity contribution in [2.45, 2.75) is 24.9 Å². The van der Waals surface area contributed by atoms with Gasteiger partial charge in [-0.3, -0.25) is 4.79 Å². The number of Topliss-reactive ketones (excluding diaryl/α,β-unsaturated/α-hetero) is 1. The predicted molar refractivity (Wildman–Crippen MR) is 30.2 cm³/mol. The normalized spacial score (nSPS) is 46.1. The third-order valence-electron chi connectivity index (χ3n) is 1.79. The van der Waals surface area contributed by atoms with Crippen molar-refractivity contribution < 1.29 is 19.4 Å². The number of aliphatic hydroxyl groups excluding tert-OH is 1. The molecule has 3 atom stereocenters. The van der Waals surface area contributed by atoms with Crippen molar-refractivity contribution in [2.24, 2.45) is 0 Å². The van der Waals surface area contributed by atoms with Crippen molar-refractivity contribution in [1.29, 1.82) is 0 Å². The Morgan fingerprint density at radius 3 is 3.20 bits per heavy atom. The predicted octanol–water partition coefficient (Wildman–Crippen LogP) is -0.938. The fourth-order valence-electron chi connectivity index (χ4n) is 1.23. The lowest BCUT2D eigenvalue weighted by Crippen LogP contribution is -2.38. The molecule has 2 saturated heterocycles. The van der Waals surface area contributed by atoms with E-state index in [1.807, 2.05) is 0 Å². The maximum absolute atomic E-state index is 10.9. The van der Waals surface area contributed by atoms with Crippen molar-refractivity contribution >= 4 is 5.78 Å². The summed E-state index contributed by atoms with van der Waals surface area (Å²) in [6.45, 7) is 0.306. The van der Waals surface area contributed by atoms with Crippen LogP contribution in [0, 0.1) is 0 Å². The van der Waals surface area contributed by atoms with E-state index < -0.39 is 18.5 Å². The van der Waals surface area contributed by atoms with E-state index in [2.05, 4.69) is 0 Å². The van der Waals surface area contributed by atoms with Gasteiger partial charge in [0.1, 0.15) is 12.2 Å². The molecule has 0 aromatic rings. The first-order chi connectivity index (χ1) is 4.77. The van der Waals surface area contributed by atoms with Crippen LogP contribution in [0.1, 0.15) is 6.42 Å². The van der Waals surface area contributed by atoms with Crippen LogP contribution in [0.25, 0.3) is 0 Å². The zero-order chi connectivity index (χ0) is 7.14. The fraction of sp³-hybridized carbons (Fsp3) is 0.833. The molecule has 2 aliphatic heterocycles. The topological polar surface area (TPSA) is 55.8 Å². The molecule has 2 rings (SSSR count). The Labute approximate surface area is 57.7 Å². The number of hydrogen-bond donors (Lipinski definition) is 1. The SMILES string of the molecule is O=C1C[C@@H](O)[C@@H]2OC[C@H]1O2. The van der Waals surface area contributed by atoms with Crippen molar-refractivity contribution in [3.05, 3.63) is 0 Å². The molecule has 56 valence electrons. The molecule has 4 nitrogen and oxygen atoms in total. The van der Waals surface area contributed by atoms with Crippen molar-refractivity contribution in [2.75, 3.05) is 6.61 Å². The molecule has 0 saturated carbocycles. The van der Waals surface area contributed by atoms with Crippen LogP contribution in [0.3, 0.4) is 0 Å². The van der Waals surface area contributed by atoms with Gasteiger partial charge in [0, 0.05) is 6.42 Å². The number of aliphatic hydroxyl groups is 1. The molecule has 0 amide bonds. The van der Waals surface area contributed by atoms with Gasteiger partial charge in [0.05, 0.1) is 6.61 Å². The highest BCUT2D eigenvalue weighted by Crippen LogP contribution is 2.24. The number of rotatable bonds is 0. The first kappa shape index (κ1) is 6.27. The smallest absolute Gasteiger partial charge is 0.184 e. The summed E-state index contributed by atoms with van der Waals surface area (Å²) in [6, 6.07) is 0. The Kier molecular flexibility index (Phi) is 1.26. The zero-order valence-electron chi connectivity index (χ0n) is 5.32. The third-order valence-corrected chi connectivity index (χ3v) is 1.79. The van der Waals surface area contributed by atoms with Crippen LogP contribution in [0.2, 0.25) is 0 Å². The maximum Gasteiger partial charge on any atom is 0.184 e. The van der Waals surface area contributed by atoms with E-state index in [9.17, 15) is 4.79 Å². The van der Waals surface area contributed by atoms with Crippen LogP contribution in [-0.4, -0.2) is 36.0 Å². The Morgan fingerprint density at radius 2 is 2.40 bits per heavy atom. The van der Waals surface area contributed by atoms with Gasteiger partial charge < -0.3 is 14.6 Å². The summed E-state index contributed by atoms with van der Waals surface area (Å²) in [4.78, 5) is 10.9. The third kappa shape index (κ3) is 0.767. The molecule has 10 heavy (non-hydrogen) atoms. The van der Waals surface area contributed by atoms with E-state index in [-0.39, 0.29) is 12.2 Å². The molecule has 2 bridgehead atoms. The molecule has 2 heterocycles. The number of carbonyl (C=O) groups is 1. The van der Waals surface area contributed by atoms with Crippen molar-refractivity contribution in [1.82, 2.24) is 0 Å². The average molecular weight is 144 g/mol. The summed E-state index contributed by atoms with van der Waals surface area (Å²) in [5, 5.41) is 9.10. The molecule has 0 radical (unpaired) electrons. The summed E-state index contributed by atoms with van der Waals surface area (Å²) in [7, 11) is 0. The van der Waals surface area contributed by atoms with Crippen LogP contribution in [-0.2, 0) is 14.3 Å². The number of fused-ring (bicyclic) bond motifs is 2. The monoisotopic (exact) mass is 144 g/mol. The van der Waals surface area contributed by atoms with Gasteiger partial charge in [-0.2, -0.15) is 0 Å². The first-order valence-corrected chi connectivity index (χ1v) is 3.25. The van der Waals surface area contributed by atoms with E-state index >= 15 is 0 Å². The minimum atomic E-state index is -0.758. The maximum atomic E-state index is 10.9. The molecular formula is C6H8O4. The minimum absolute atomic E-state index is 0.0544. The number of ether oxygens (including phenoxy) is 2.